The van der Waals surface area contributed by atoms with E-state index in [1.165, 1.54) is 12.1 Å². The fourth-order valence-electron chi connectivity index (χ4n) is 1.27. The minimum Gasteiger partial charge on any atom is -0.396 e. The third-order valence-corrected chi connectivity index (χ3v) is 2.54. The van der Waals surface area contributed by atoms with Crippen molar-refractivity contribution in [3.8, 4) is 0 Å². The lowest BCUT2D eigenvalue weighted by molar-refractivity contribution is 0.0946. The highest BCUT2D eigenvalue weighted by Gasteiger charge is 2.07. The van der Waals surface area contributed by atoms with Gasteiger partial charge >= 0.3 is 0 Å². The van der Waals surface area contributed by atoms with E-state index in [-0.39, 0.29) is 29.3 Å². The number of hydrogen-bond acceptors (Lipinski definition) is 4. The van der Waals surface area contributed by atoms with Crippen molar-refractivity contribution in [2.45, 2.75) is 19.8 Å². The highest BCUT2D eigenvalue weighted by molar-refractivity contribution is 6.29. The molecule has 0 saturated carbocycles. The lowest BCUT2D eigenvalue weighted by Crippen LogP contribution is -2.26. The molecular formula is C11H16ClN3O2. The summed E-state index contributed by atoms with van der Waals surface area (Å²) < 4.78 is 0. The Morgan fingerprint density at radius 2 is 2.29 bits per heavy atom. The molecule has 1 aromatic heterocycles. The van der Waals surface area contributed by atoms with Gasteiger partial charge in [0.2, 0.25) is 0 Å². The Balaban J connectivity index is 2.28. The van der Waals surface area contributed by atoms with E-state index >= 15 is 0 Å². The molecule has 0 saturated heterocycles. The van der Waals surface area contributed by atoms with E-state index in [0.29, 0.717) is 6.54 Å². The SMILES string of the molecule is CC(CO)CCCNC(=O)c1ccc(Cl)nn1. The van der Waals surface area contributed by atoms with Crippen molar-refractivity contribution in [2.75, 3.05) is 13.2 Å². The lowest BCUT2D eigenvalue weighted by atomic mass is 10.1. The van der Waals surface area contributed by atoms with Crippen LogP contribution in [0.4, 0.5) is 0 Å². The molecule has 0 bridgehead atoms. The van der Waals surface area contributed by atoms with Gasteiger partial charge in [-0.3, -0.25) is 4.79 Å². The molecule has 6 heteroatoms. The van der Waals surface area contributed by atoms with Gasteiger partial charge in [0, 0.05) is 13.2 Å². The van der Waals surface area contributed by atoms with Gasteiger partial charge in [-0.2, -0.15) is 0 Å². The zero-order valence-corrected chi connectivity index (χ0v) is 10.4. The normalized spacial score (nSPS) is 12.2. The molecular weight excluding hydrogens is 242 g/mol. The zero-order valence-electron chi connectivity index (χ0n) is 9.69. The molecule has 0 aliphatic heterocycles. The van der Waals surface area contributed by atoms with Crippen molar-refractivity contribution in [1.29, 1.82) is 0 Å². The summed E-state index contributed by atoms with van der Waals surface area (Å²) >= 11 is 5.56. The van der Waals surface area contributed by atoms with Gasteiger partial charge in [-0.25, -0.2) is 0 Å². The van der Waals surface area contributed by atoms with Crippen LogP contribution in [-0.4, -0.2) is 34.4 Å². The van der Waals surface area contributed by atoms with Crippen molar-refractivity contribution in [1.82, 2.24) is 15.5 Å². The Labute approximate surface area is 105 Å². The van der Waals surface area contributed by atoms with E-state index in [1.807, 2.05) is 6.92 Å². The molecule has 1 atom stereocenters. The third-order valence-electron chi connectivity index (χ3n) is 2.34. The van der Waals surface area contributed by atoms with Crippen molar-refractivity contribution in [3.63, 3.8) is 0 Å². The topological polar surface area (TPSA) is 75.1 Å². The molecule has 0 aliphatic rings. The van der Waals surface area contributed by atoms with Gasteiger partial charge in [-0.05, 0) is 30.9 Å². The number of halogens is 1. The first-order valence-electron chi connectivity index (χ1n) is 5.51. The van der Waals surface area contributed by atoms with Gasteiger partial charge < -0.3 is 10.4 Å². The monoisotopic (exact) mass is 257 g/mol. The number of carbonyl (C=O) groups is 1. The molecule has 1 rings (SSSR count). The Hall–Kier alpha value is -1.20. The second-order valence-corrected chi connectivity index (χ2v) is 4.31. The van der Waals surface area contributed by atoms with E-state index in [1.54, 1.807) is 0 Å². The van der Waals surface area contributed by atoms with Gasteiger partial charge in [-0.1, -0.05) is 18.5 Å². The van der Waals surface area contributed by atoms with Crippen LogP contribution in [0.5, 0.6) is 0 Å². The van der Waals surface area contributed by atoms with E-state index in [0.717, 1.165) is 12.8 Å². The van der Waals surface area contributed by atoms with Gasteiger partial charge in [0.25, 0.3) is 5.91 Å². The predicted molar refractivity (Wildman–Crippen MR) is 64.9 cm³/mol. The van der Waals surface area contributed by atoms with Crippen LogP contribution >= 0.6 is 11.6 Å². The van der Waals surface area contributed by atoms with Crippen molar-refractivity contribution < 1.29 is 9.90 Å². The number of rotatable bonds is 6. The molecule has 1 unspecified atom stereocenters. The summed E-state index contributed by atoms with van der Waals surface area (Å²) in [6, 6.07) is 3.05. The van der Waals surface area contributed by atoms with Crippen molar-refractivity contribution in [3.05, 3.63) is 23.0 Å². The van der Waals surface area contributed by atoms with E-state index in [9.17, 15) is 4.79 Å². The first kappa shape index (κ1) is 13.9. The maximum atomic E-state index is 11.6. The van der Waals surface area contributed by atoms with Crippen LogP contribution < -0.4 is 5.32 Å². The average molecular weight is 258 g/mol. The molecule has 0 fully saturated rings. The summed E-state index contributed by atoms with van der Waals surface area (Å²) in [5.41, 5.74) is 0.254. The standard InChI is InChI=1S/C11H16ClN3O2/c1-8(7-16)3-2-6-13-11(17)9-4-5-10(12)15-14-9/h4-5,8,16H,2-3,6-7H2,1H3,(H,13,17). The predicted octanol–water partition coefficient (Wildman–Crippen LogP) is 1.27. The van der Waals surface area contributed by atoms with Crippen LogP contribution in [0.25, 0.3) is 0 Å². The minimum atomic E-state index is -0.259. The number of aliphatic hydroxyl groups excluding tert-OH is 1. The number of hydrogen-bond donors (Lipinski definition) is 2. The number of carbonyl (C=O) groups excluding carboxylic acids is 1. The largest absolute Gasteiger partial charge is 0.396 e. The highest BCUT2D eigenvalue weighted by Crippen LogP contribution is 2.04. The summed E-state index contributed by atoms with van der Waals surface area (Å²) in [7, 11) is 0. The Bertz CT molecular complexity index is 356. The lowest BCUT2D eigenvalue weighted by Gasteiger charge is -2.07. The number of amides is 1. The average Bonchev–Trinajstić information content (AvgIpc) is 2.34. The first-order valence-corrected chi connectivity index (χ1v) is 5.89. The van der Waals surface area contributed by atoms with E-state index < -0.39 is 0 Å². The molecule has 2 N–H and O–H groups in total. The van der Waals surface area contributed by atoms with Crippen LogP contribution in [0.15, 0.2) is 12.1 Å². The highest BCUT2D eigenvalue weighted by atomic mass is 35.5. The summed E-state index contributed by atoms with van der Waals surface area (Å²) in [5.74, 6) is 0.00745. The van der Waals surface area contributed by atoms with Crippen LogP contribution in [-0.2, 0) is 0 Å². The summed E-state index contributed by atoms with van der Waals surface area (Å²) in [4.78, 5) is 11.6. The maximum absolute atomic E-state index is 11.6. The van der Waals surface area contributed by atoms with Gasteiger partial charge in [0.05, 0.1) is 0 Å². The summed E-state index contributed by atoms with van der Waals surface area (Å²) in [5, 5.41) is 19.1. The first-order chi connectivity index (χ1) is 8.13. The summed E-state index contributed by atoms with van der Waals surface area (Å²) in [6.07, 6.45) is 1.71. The number of aromatic nitrogens is 2. The van der Waals surface area contributed by atoms with Crippen LogP contribution in [0, 0.1) is 5.92 Å². The Kier molecular flexibility index (Phi) is 5.86. The van der Waals surface area contributed by atoms with Crippen LogP contribution in [0.3, 0.4) is 0 Å². The molecule has 0 aliphatic carbocycles. The van der Waals surface area contributed by atoms with Crippen molar-refractivity contribution >= 4 is 17.5 Å². The second-order valence-electron chi connectivity index (χ2n) is 3.93. The van der Waals surface area contributed by atoms with Gasteiger partial charge in [0.15, 0.2) is 10.8 Å². The molecule has 0 spiro atoms. The minimum absolute atomic E-state index is 0.177. The molecule has 0 aromatic carbocycles. The molecule has 1 aromatic rings. The number of nitrogens with zero attached hydrogens (tertiary/aromatic N) is 2. The molecule has 17 heavy (non-hydrogen) atoms. The fraction of sp³-hybridized carbons (Fsp3) is 0.545. The fourth-order valence-corrected chi connectivity index (χ4v) is 1.37. The Morgan fingerprint density at radius 3 is 2.88 bits per heavy atom. The number of aliphatic hydroxyl groups is 1. The Morgan fingerprint density at radius 1 is 1.53 bits per heavy atom. The van der Waals surface area contributed by atoms with E-state index in [2.05, 4.69) is 15.5 Å². The molecule has 94 valence electrons. The van der Waals surface area contributed by atoms with Gasteiger partial charge in [-0.15, -0.1) is 10.2 Å². The quantitative estimate of drug-likeness (QED) is 0.753. The molecule has 1 amide bonds. The second kappa shape index (κ2) is 7.19. The summed E-state index contributed by atoms with van der Waals surface area (Å²) in [6.45, 7) is 2.70. The smallest absolute Gasteiger partial charge is 0.271 e. The van der Waals surface area contributed by atoms with Crippen LogP contribution in [0.2, 0.25) is 5.15 Å². The number of nitrogens with one attached hydrogen (secondary N) is 1. The van der Waals surface area contributed by atoms with Crippen molar-refractivity contribution in [2.24, 2.45) is 5.92 Å². The van der Waals surface area contributed by atoms with Gasteiger partial charge in [0.1, 0.15) is 0 Å². The molecule has 1 heterocycles. The molecule has 5 nitrogen and oxygen atoms in total. The zero-order chi connectivity index (χ0) is 12.7. The van der Waals surface area contributed by atoms with E-state index in [4.69, 9.17) is 16.7 Å². The third kappa shape index (κ3) is 5.10. The maximum Gasteiger partial charge on any atom is 0.271 e. The van der Waals surface area contributed by atoms with Crippen LogP contribution in [0.1, 0.15) is 30.3 Å². The molecule has 0 radical (unpaired) electrons.